The zero-order valence-corrected chi connectivity index (χ0v) is 12.6. The van der Waals surface area contributed by atoms with E-state index in [-0.39, 0.29) is 18.1 Å². The molecule has 0 bridgehead atoms. The van der Waals surface area contributed by atoms with Gasteiger partial charge in [0.1, 0.15) is 11.6 Å². The summed E-state index contributed by atoms with van der Waals surface area (Å²) in [6, 6.07) is 14.2. The van der Waals surface area contributed by atoms with E-state index in [0.717, 1.165) is 18.6 Å². The summed E-state index contributed by atoms with van der Waals surface area (Å²) in [4.78, 5) is 11.8. The Bertz CT molecular complexity index is 628. The lowest BCUT2D eigenvalue weighted by molar-refractivity contribution is -0.120. The minimum absolute atomic E-state index is 0.0752. The molecule has 0 heterocycles. The average molecular weight is 301 g/mol. The first kappa shape index (κ1) is 16.0. The second-order valence-corrected chi connectivity index (χ2v) is 5.07. The van der Waals surface area contributed by atoms with Crippen molar-refractivity contribution in [3.05, 3.63) is 65.5 Å². The van der Waals surface area contributed by atoms with Gasteiger partial charge in [0.05, 0.1) is 13.5 Å². The number of halogens is 1. The van der Waals surface area contributed by atoms with E-state index in [1.54, 1.807) is 25.3 Å². The molecule has 2 rings (SSSR count). The lowest BCUT2D eigenvalue weighted by Gasteiger charge is -2.07. The predicted octanol–water partition coefficient (Wildman–Crippen LogP) is 3.13. The van der Waals surface area contributed by atoms with E-state index >= 15 is 0 Å². The molecule has 2 aromatic rings. The van der Waals surface area contributed by atoms with Crippen molar-refractivity contribution in [1.29, 1.82) is 0 Å². The van der Waals surface area contributed by atoms with Gasteiger partial charge in [0.25, 0.3) is 0 Å². The van der Waals surface area contributed by atoms with Crippen LogP contribution in [0.1, 0.15) is 17.5 Å². The molecule has 1 N–H and O–H groups in total. The standard InChI is InChI=1S/C18H20FNO2/c1-22-16-9-4-6-14(12-16)7-5-11-20-18(21)13-15-8-2-3-10-17(15)19/h2-4,6,8-10,12H,5,7,11,13H2,1H3,(H,20,21). The number of carbonyl (C=O) groups is 1. The number of nitrogens with one attached hydrogen (secondary N) is 1. The number of benzene rings is 2. The molecule has 0 saturated heterocycles. The van der Waals surface area contributed by atoms with Crippen LogP contribution in [0.15, 0.2) is 48.5 Å². The maximum absolute atomic E-state index is 13.4. The molecule has 0 saturated carbocycles. The zero-order valence-electron chi connectivity index (χ0n) is 12.6. The third-order valence-corrected chi connectivity index (χ3v) is 3.41. The summed E-state index contributed by atoms with van der Waals surface area (Å²) in [5.74, 6) is 0.339. The first-order valence-corrected chi connectivity index (χ1v) is 7.32. The molecule has 0 aromatic heterocycles. The normalized spacial score (nSPS) is 10.3. The van der Waals surface area contributed by atoms with Crippen molar-refractivity contribution in [2.75, 3.05) is 13.7 Å². The Morgan fingerprint density at radius 3 is 2.77 bits per heavy atom. The molecule has 116 valence electrons. The summed E-state index contributed by atoms with van der Waals surface area (Å²) in [6.45, 7) is 0.574. The fourth-order valence-electron chi connectivity index (χ4n) is 2.23. The van der Waals surface area contributed by atoms with Crippen LogP contribution in [0.25, 0.3) is 0 Å². The van der Waals surface area contributed by atoms with Crippen molar-refractivity contribution in [3.63, 3.8) is 0 Å². The number of methoxy groups -OCH3 is 1. The van der Waals surface area contributed by atoms with E-state index in [4.69, 9.17) is 4.74 Å². The molecule has 0 aliphatic heterocycles. The van der Waals surface area contributed by atoms with E-state index in [1.807, 2.05) is 24.3 Å². The molecular formula is C18H20FNO2. The van der Waals surface area contributed by atoms with Crippen LogP contribution >= 0.6 is 0 Å². The van der Waals surface area contributed by atoms with Gasteiger partial charge in [0, 0.05) is 6.54 Å². The topological polar surface area (TPSA) is 38.3 Å². The van der Waals surface area contributed by atoms with E-state index < -0.39 is 0 Å². The largest absolute Gasteiger partial charge is 0.497 e. The van der Waals surface area contributed by atoms with Gasteiger partial charge >= 0.3 is 0 Å². The van der Waals surface area contributed by atoms with Crippen LogP contribution in [0, 0.1) is 5.82 Å². The maximum atomic E-state index is 13.4. The van der Waals surface area contributed by atoms with Gasteiger partial charge in [-0.25, -0.2) is 4.39 Å². The van der Waals surface area contributed by atoms with E-state index in [1.165, 1.54) is 11.6 Å². The highest BCUT2D eigenvalue weighted by Crippen LogP contribution is 2.13. The molecule has 1 amide bonds. The summed E-state index contributed by atoms with van der Waals surface area (Å²) >= 11 is 0. The third kappa shape index (κ3) is 4.88. The van der Waals surface area contributed by atoms with Crippen LogP contribution in [0.2, 0.25) is 0 Å². The maximum Gasteiger partial charge on any atom is 0.224 e. The second kappa shape index (κ2) is 8.17. The Hall–Kier alpha value is -2.36. The number of aryl methyl sites for hydroxylation is 1. The summed E-state index contributed by atoms with van der Waals surface area (Å²) in [6.07, 6.45) is 1.76. The molecule has 0 aliphatic carbocycles. The Kier molecular flexibility index (Phi) is 5.95. The zero-order chi connectivity index (χ0) is 15.8. The fourth-order valence-corrected chi connectivity index (χ4v) is 2.23. The van der Waals surface area contributed by atoms with E-state index in [2.05, 4.69) is 5.32 Å². The van der Waals surface area contributed by atoms with Gasteiger partial charge < -0.3 is 10.1 Å². The smallest absolute Gasteiger partial charge is 0.224 e. The van der Waals surface area contributed by atoms with Crippen molar-refractivity contribution >= 4 is 5.91 Å². The van der Waals surface area contributed by atoms with Gasteiger partial charge in [-0.3, -0.25) is 4.79 Å². The van der Waals surface area contributed by atoms with Gasteiger partial charge in [0.15, 0.2) is 0 Å². The molecule has 4 heteroatoms. The molecule has 0 aliphatic rings. The Morgan fingerprint density at radius 2 is 2.00 bits per heavy atom. The van der Waals surface area contributed by atoms with Gasteiger partial charge in [-0.2, -0.15) is 0 Å². The highest BCUT2D eigenvalue weighted by molar-refractivity contribution is 5.78. The predicted molar refractivity (Wildman–Crippen MR) is 84.4 cm³/mol. The van der Waals surface area contributed by atoms with Crippen LogP contribution < -0.4 is 10.1 Å². The van der Waals surface area contributed by atoms with Crippen molar-refractivity contribution in [3.8, 4) is 5.75 Å². The fraction of sp³-hybridized carbons (Fsp3) is 0.278. The van der Waals surface area contributed by atoms with Gasteiger partial charge in [-0.05, 0) is 42.2 Å². The molecule has 3 nitrogen and oxygen atoms in total. The average Bonchev–Trinajstić information content (AvgIpc) is 2.54. The number of hydrogen-bond acceptors (Lipinski definition) is 2. The molecular weight excluding hydrogens is 281 g/mol. The van der Waals surface area contributed by atoms with Crippen molar-refractivity contribution < 1.29 is 13.9 Å². The number of carbonyl (C=O) groups excluding carboxylic acids is 1. The minimum Gasteiger partial charge on any atom is -0.497 e. The van der Waals surface area contributed by atoms with Gasteiger partial charge in [-0.1, -0.05) is 30.3 Å². The van der Waals surface area contributed by atoms with E-state index in [9.17, 15) is 9.18 Å². The highest BCUT2D eigenvalue weighted by atomic mass is 19.1. The quantitative estimate of drug-likeness (QED) is 0.798. The molecule has 0 spiro atoms. The molecule has 0 radical (unpaired) electrons. The SMILES string of the molecule is COc1cccc(CCCNC(=O)Cc2ccccc2F)c1. The lowest BCUT2D eigenvalue weighted by atomic mass is 10.1. The first-order valence-electron chi connectivity index (χ1n) is 7.32. The number of ether oxygens (including phenoxy) is 1. The molecule has 2 aromatic carbocycles. The number of hydrogen-bond donors (Lipinski definition) is 1. The van der Waals surface area contributed by atoms with Crippen LogP contribution in [0.5, 0.6) is 5.75 Å². The van der Waals surface area contributed by atoms with Crippen LogP contribution in [-0.4, -0.2) is 19.6 Å². The third-order valence-electron chi connectivity index (χ3n) is 3.41. The Morgan fingerprint density at radius 1 is 1.18 bits per heavy atom. The second-order valence-electron chi connectivity index (χ2n) is 5.07. The van der Waals surface area contributed by atoms with Crippen LogP contribution in [0.3, 0.4) is 0 Å². The highest BCUT2D eigenvalue weighted by Gasteiger charge is 2.06. The minimum atomic E-state index is -0.339. The first-order chi connectivity index (χ1) is 10.7. The van der Waals surface area contributed by atoms with Crippen LogP contribution in [0.4, 0.5) is 4.39 Å². The Balaban J connectivity index is 1.72. The summed E-state index contributed by atoms with van der Waals surface area (Å²) < 4.78 is 18.6. The molecule has 22 heavy (non-hydrogen) atoms. The summed E-state index contributed by atoms with van der Waals surface area (Å²) in [7, 11) is 1.64. The van der Waals surface area contributed by atoms with Crippen LogP contribution in [-0.2, 0) is 17.6 Å². The molecule has 0 atom stereocenters. The summed E-state index contributed by atoms with van der Waals surface area (Å²) in [5.41, 5.74) is 1.59. The van der Waals surface area contributed by atoms with E-state index in [0.29, 0.717) is 12.1 Å². The van der Waals surface area contributed by atoms with Crippen molar-refractivity contribution in [2.24, 2.45) is 0 Å². The molecule has 0 fully saturated rings. The summed E-state index contributed by atoms with van der Waals surface area (Å²) in [5, 5.41) is 2.82. The monoisotopic (exact) mass is 301 g/mol. The number of amides is 1. The van der Waals surface area contributed by atoms with Gasteiger partial charge in [-0.15, -0.1) is 0 Å². The van der Waals surface area contributed by atoms with Gasteiger partial charge in [0.2, 0.25) is 5.91 Å². The Labute approximate surface area is 130 Å². The van der Waals surface area contributed by atoms with Crippen molar-refractivity contribution in [2.45, 2.75) is 19.3 Å². The number of rotatable bonds is 7. The molecule has 0 unspecified atom stereocenters. The van der Waals surface area contributed by atoms with Crippen molar-refractivity contribution in [1.82, 2.24) is 5.32 Å². The lowest BCUT2D eigenvalue weighted by Crippen LogP contribution is -2.26.